The first-order valence-corrected chi connectivity index (χ1v) is 8.99. The number of carbonyl (C=O) groups is 1. The second kappa shape index (κ2) is 10.6. The van der Waals surface area contributed by atoms with Crippen LogP contribution in [0.3, 0.4) is 0 Å². The minimum atomic E-state index is 0.00767. The molecule has 1 N–H and O–H groups in total. The van der Waals surface area contributed by atoms with Gasteiger partial charge in [0.15, 0.2) is 0 Å². The molecule has 0 fully saturated rings. The van der Waals surface area contributed by atoms with Crippen molar-refractivity contribution < 1.29 is 4.79 Å². The van der Waals surface area contributed by atoms with Gasteiger partial charge in [-0.1, -0.05) is 57.6 Å². The van der Waals surface area contributed by atoms with E-state index >= 15 is 0 Å². The fraction of sp³-hybridized carbons (Fsp3) is 0.526. The Balaban J connectivity index is 1.63. The molecular weight excluding hydrogens is 300 g/mol. The lowest BCUT2D eigenvalue weighted by Crippen LogP contribution is -2.24. The van der Waals surface area contributed by atoms with Crippen LogP contribution in [0.1, 0.15) is 67.8 Å². The molecule has 1 amide bonds. The van der Waals surface area contributed by atoms with Gasteiger partial charge in [-0.05, 0) is 24.1 Å². The zero-order valence-corrected chi connectivity index (χ0v) is 14.6. The number of amides is 1. The number of benzene rings is 1. The Hall–Kier alpha value is -2.17. The van der Waals surface area contributed by atoms with Gasteiger partial charge in [0.2, 0.25) is 0 Å². The Morgan fingerprint density at radius 3 is 2.42 bits per heavy atom. The van der Waals surface area contributed by atoms with Gasteiger partial charge in [0, 0.05) is 12.1 Å². The first-order valence-electron chi connectivity index (χ1n) is 8.99. The van der Waals surface area contributed by atoms with E-state index < -0.39 is 0 Å². The maximum Gasteiger partial charge on any atom is 0.251 e. The van der Waals surface area contributed by atoms with Gasteiger partial charge in [0.1, 0.15) is 12.7 Å². The van der Waals surface area contributed by atoms with Gasteiger partial charge >= 0.3 is 0 Å². The monoisotopic (exact) mass is 328 g/mol. The number of hydrogen-bond donors (Lipinski definition) is 1. The van der Waals surface area contributed by atoms with Gasteiger partial charge in [0.25, 0.3) is 5.91 Å². The molecule has 0 aliphatic rings. The average molecular weight is 328 g/mol. The molecule has 1 aromatic carbocycles. The van der Waals surface area contributed by atoms with E-state index in [-0.39, 0.29) is 5.91 Å². The van der Waals surface area contributed by atoms with Crippen molar-refractivity contribution in [2.45, 2.75) is 58.4 Å². The molecule has 1 heterocycles. The van der Waals surface area contributed by atoms with Crippen LogP contribution in [0.2, 0.25) is 0 Å². The van der Waals surface area contributed by atoms with Gasteiger partial charge in [-0.3, -0.25) is 4.79 Å². The Morgan fingerprint density at radius 1 is 1.04 bits per heavy atom. The van der Waals surface area contributed by atoms with Crippen LogP contribution in [0, 0.1) is 0 Å². The highest BCUT2D eigenvalue weighted by Crippen LogP contribution is 2.08. The van der Waals surface area contributed by atoms with E-state index in [1.807, 2.05) is 24.3 Å². The standard InChI is InChI=1S/C19H28N4O/c1-2-3-4-5-6-7-8-13-21-19(24)18-11-9-17(10-12-18)14-23-16-20-15-22-23/h9-12,15-16H,2-8,13-14H2,1H3,(H,21,24). The van der Waals surface area contributed by atoms with Crippen LogP contribution in [0.4, 0.5) is 0 Å². The summed E-state index contributed by atoms with van der Waals surface area (Å²) in [5.74, 6) is 0.00767. The third-order valence-corrected chi connectivity index (χ3v) is 4.09. The first-order chi connectivity index (χ1) is 11.8. The quantitative estimate of drug-likeness (QED) is 0.638. The lowest BCUT2D eigenvalue weighted by molar-refractivity contribution is 0.0953. The summed E-state index contributed by atoms with van der Waals surface area (Å²) >= 11 is 0. The van der Waals surface area contributed by atoms with Crippen molar-refractivity contribution in [2.75, 3.05) is 6.54 Å². The summed E-state index contributed by atoms with van der Waals surface area (Å²) < 4.78 is 1.76. The molecule has 0 radical (unpaired) electrons. The molecule has 0 spiro atoms. The third kappa shape index (κ3) is 6.52. The van der Waals surface area contributed by atoms with E-state index in [0.717, 1.165) is 18.5 Å². The van der Waals surface area contributed by atoms with Crippen LogP contribution in [0.5, 0.6) is 0 Å². The number of unbranched alkanes of at least 4 members (excludes halogenated alkanes) is 6. The summed E-state index contributed by atoms with van der Waals surface area (Å²) in [6.07, 6.45) is 12.0. The van der Waals surface area contributed by atoms with Gasteiger partial charge in [-0.15, -0.1) is 0 Å². The molecule has 0 aliphatic carbocycles. The Labute approximate surface area is 144 Å². The average Bonchev–Trinajstić information content (AvgIpc) is 3.11. The fourth-order valence-electron chi connectivity index (χ4n) is 2.65. The van der Waals surface area contributed by atoms with Crippen LogP contribution < -0.4 is 5.32 Å². The van der Waals surface area contributed by atoms with Crippen molar-refractivity contribution in [1.82, 2.24) is 20.1 Å². The fourth-order valence-corrected chi connectivity index (χ4v) is 2.65. The molecule has 0 aliphatic heterocycles. The zero-order valence-electron chi connectivity index (χ0n) is 14.6. The van der Waals surface area contributed by atoms with Gasteiger partial charge in [0.05, 0.1) is 6.54 Å². The summed E-state index contributed by atoms with van der Waals surface area (Å²) in [5.41, 5.74) is 1.81. The molecular formula is C19H28N4O. The minimum Gasteiger partial charge on any atom is -0.352 e. The Morgan fingerprint density at radius 2 is 1.75 bits per heavy atom. The van der Waals surface area contributed by atoms with Gasteiger partial charge in [-0.25, -0.2) is 9.67 Å². The van der Waals surface area contributed by atoms with Crippen LogP contribution in [-0.2, 0) is 6.54 Å². The number of rotatable bonds is 11. The summed E-state index contributed by atoms with van der Waals surface area (Å²) in [7, 11) is 0. The highest BCUT2D eigenvalue weighted by molar-refractivity contribution is 5.94. The highest BCUT2D eigenvalue weighted by atomic mass is 16.1. The summed E-state index contributed by atoms with van der Waals surface area (Å²) in [6, 6.07) is 7.66. The molecule has 2 aromatic rings. The van der Waals surface area contributed by atoms with Crippen molar-refractivity contribution in [3.63, 3.8) is 0 Å². The molecule has 0 saturated heterocycles. The molecule has 0 atom stereocenters. The SMILES string of the molecule is CCCCCCCCCNC(=O)c1ccc(Cn2cncn2)cc1. The maximum absolute atomic E-state index is 12.1. The smallest absolute Gasteiger partial charge is 0.251 e. The van der Waals surface area contributed by atoms with E-state index in [2.05, 4.69) is 22.3 Å². The lowest BCUT2D eigenvalue weighted by Gasteiger charge is -2.07. The van der Waals surface area contributed by atoms with E-state index in [9.17, 15) is 4.79 Å². The second-order valence-corrected chi connectivity index (χ2v) is 6.17. The predicted octanol–water partition coefficient (Wildman–Crippen LogP) is 3.81. The second-order valence-electron chi connectivity index (χ2n) is 6.17. The molecule has 5 heteroatoms. The largest absolute Gasteiger partial charge is 0.352 e. The van der Waals surface area contributed by atoms with Crippen molar-refractivity contribution in [3.8, 4) is 0 Å². The Kier molecular flexibility index (Phi) is 8.01. The van der Waals surface area contributed by atoms with E-state index in [4.69, 9.17) is 0 Å². The van der Waals surface area contributed by atoms with E-state index in [1.54, 1.807) is 11.0 Å². The maximum atomic E-state index is 12.1. The van der Waals surface area contributed by atoms with E-state index in [1.165, 1.54) is 44.9 Å². The number of carbonyl (C=O) groups excluding carboxylic acids is 1. The third-order valence-electron chi connectivity index (χ3n) is 4.09. The topological polar surface area (TPSA) is 59.8 Å². The van der Waals surface area contributed by atoms with Crippen molar-refractivity contribution in [2.24, 2.45) is 0 Å². The molecule has 1 aromatic heterocycles. The van der Waals surface area contributed by atoms with Crippen LogP contribution in [0.25, 0.3) is 0 Å². The molecule has 5 nitrogen and oxygen atoms in total. The van der Waals surface area contributed by atoms with E-state index in [0.29, 0.717) is 12.1 Å². The number of hydrogen-bond acceptors (Lipinski definition) is 3. The normalized spacial score (nSPS) is 10.7. The van der Waals surface area contributed by atoms with Crippen molar-refractivity contribution >= 4 is 5.91 Å². The van der Waals surface area contributed by atoms with Gasteiger partial charge < -0.3 is 5.32 Å². The van der Waals surface area contributed by atoms with Crippen LogP contribution >= 0.6 is 0 Å². The van der Waals surface area contributed by atoms with Crippen molar-refractivity contribution in [3.05, 3.63) is 48.0 Å². The lowest BCUT2D eigenvalue weighted by atomic mass is 10.1. The summed E-state index contributed by atoms with van der Waals surface area (Å²) in [6.45, 7) is 3.66. The highest BCUT2D eigenvalue weighted by Gasteiger charge is 2.05. The minimum absolute atomic E-state index is 0.00767. The molecule has 0 saturated carbocycles. The molecule has 0 bridgehead atoms. The molecule has 2 rings (SSSR count). The zero-order chi connectivity index (χ0) is 17.0. The molecule has 24 heavy (non-hydrogen) atoms. The summed E-state index contributed by atoms with van der Waals surface area (Å²) in [5, 5.41) is 7.08. The number of nitrogens with zero attached hydrogens (tertiary/aromatic N) is 3. The van der Waals surface area contributed by atoms with Crippen LogP contribution in [-0.4, -0.2) is 27.2 Å². The molecule has 130 valence electrons. The van der Waals surface area contributed by atoms with Crippen LogP contribution in [0.15, 0.2) is 36.9 Å². The van der Waals surface area contributed by atoms with Crippen molar-refractivity contribution in [1.29, 1.82) is 0 Å². The molecule has 0 unspecified atom stereocenters. The van der Waals surface area contributed by atoms with Gasteiger partial charge in [-0.2, -0.15) is 5.10 Å². The summed E-state index contributed by atoms with van der Waals surface area (Å²) in [4.78, 5) is 16.0. The number of aromatic nitrogens is 3. The number of nitrogens with one attached hydrogen (secondary N) is 1. The first kappa shape index (κ1) is 18.2. The Bertz CT molecular complexity index is 578. The predicted molar refractivity (Wildman–Crippen MR) is 95.9 cm³/mol.